The van der Waals surface area contributed by atoms with E-state index in [0.29, 0.717) is 17.5 Å². The minimum absolute atomic E-state index is 0.468. The van der Waals surface area contributed by atoms with Crippen LogP contribution in [0.1, 0.15) is 5.82 Å². The fourth-order valence-electron chi connectivity index (χ4n) is 2.35. The molecule has 7 heteroatoms. The van der Waals surface area contributed by atoms with E-state index in [1.807, 2.05) is 0 Å². The van der Waals surface area contributed by atoms with Crippen molar-refractivity contribution in [2.45, 2.75) is 6.92 Å². The zero-order valence-corrected chi connectivity index (χ0v) is 11.6. The van der Waals surface area contributed by atoms with E-state index in [9.17, 15) is 0 Å². The summed E-state index contributed by atoms with van der Waals surface area (Å²) in [5.41, 5.74) is 12.7. The molecule has 0 unspecified atom stereocenters. The molecule has 1 saturated heterocycles. The molecule has 0 aromatic carbocycles. The second-order valence-electron chi connectivity index (χ2n) is 4.71. The number of hydrogen-bond donors (Lipinski definition) is 2. The predicted molar refractivity (Wildman–Crippen MR) is 76.1 cm³/mol. The van der Waals surface area contributed by atoms with Crippen LogP contribution in [-0.4, -0.2) is 61.3 Å². The third kappa shape index (κ3) is 3.24. The summed E-state index contributed by atoms with van der Waals surface area (Å²) in [7, 11) is 1.72. The Labute approximate surface area is 113 Å². The molecule has 0 spiro atoms. The Balaban J connectivity index is 2.02. The first-order chi connectivity index (χ1) is 9.11. The maximum absolute atomic E-state index is 5.96. The molecule has 1 aromatic rings. The summed E-state index contributed by atoms with van der Waals surface area (Å²) in [5.74, 6) is 1.54. The molecule has 19 heavy (non-hydrogen) atoms. The van der Waals surface area contributed by atoms with Crippen LogP contribution in [0.5, 0.6) is 0 Å². The van der Waals surface area contributed by atoms with Crippen LogP contribution < -0.4 is 16.4 Å². The van der Waals surface area contributed by atoms with Gasteiger partial charge >= 0.3 is 0 Å². The number of nitrogens with zero attached hydrogens (tertiary/aromatic N) is 4. The maximum Gasteiger partial charge on any atom is 0.153 e. The van der Waals surface area contributed by atoms with Crippen molar-refractivity contribution in [2.24, 2.45) is 0 Å². The van der Waals surface area contributed by atoms with Gasteiger partial charge in [-0.15, -0.1) is 0 Å². The second-order valence-corrected chi connectivity index (χ2v) is 4.71. The molecule has 0 radical (unpaired) electrons. The predicted octanol–water partition coefficient (Wildman–Crippen LogP) is -0.282. The van der Waals surface area contributed by atoms with Gasteiger partial charge in [-0.1, -0.05) is 0 Å². The zero-order valence-electron chi connectivity index (χ0n) is 11.6. The molecule has 0 aliphatic carbocycles. The standard InChI is InChI=1S/C12H22N6O/c1-9-15-11(13)10(12(14)16-9)18-5-3-17(4-6-18)7-8-19-2/h3-8H2,1-2H3,(H4,13,14,15,16). The van der Waals surface area contributed by atoms with Crippen LogP contribution in [0.25, 0.3) is 0 Å². The third-order valence-corrected chi connectivity index (χ3v) is 3.35. The minimum Gasteiger partial charge on any atom is -0.383 e. The Bertz CT molecular complexity index is 407. The van der Waals surface area contributed by atoms with Crippen LogP contribution in [0.3, 0.4) is 0 Å². The highest BCUT2D eigenvalue weighted by atomic mass is 16.5. The summed E-state index contributed by atoms with van der Waals surface area (Å²) in [4.78, 5) is 12.9. The van der Waals surface area contributed by atoms with E-state index in [2.05, 4.69) is 19.8 Å². The van der Waals surface area contributed by atoms with Gasteiger partial charge in [0.25, 0.3) is 0 Å². The first kappa shape index (κ1) is 13.8. The Morgan fingerprint density at radius 1 is 1.11 bits per heavy atom. The lowest BCUT2D eigenvalue weighted by Gasteiger charge is -2.36. The van der Waals surface area contributed by atoms with Crippen LogP contribution in [0.2, 0.25) is 0 Å². The second kappa shape index (κ2) is 6.03. The summed E-state index contributed by atoms with van der Waals surface area (Å²) in [6.45, 7) is 7.21. The SMILES string of the molecule is COCCN1CCN(c2c(N)nc(C)nc2N)CC1. The fourth-order valence-corrected chi connectivity index (χ4v) is 2.35. The summed E-state index contributed by atoms with van der Waals surface area (Å²) in [5, 5.41) is 0. The number of anilines is 3. The maximum atomic E-state index is 5.96. The van der Waals surface area contributed by atoms with Gasteiger partial charge in [-0.2, -0.15) is 0 Å². The highest BCUT2D eigenvalue weighted by Crippen LogP contribution is 2.27. The van der Waals surface area contributed by atoms with Crippen LogP contribution in [0, 0.1) is 6.92 Å². The molecule has 1 fully saturated rings. The van der Waals surface area contributed by atoms with Crippen molar-refractivity contribution in [3.63, 3.8) is 0 Å². The van der Waals surface area contributed by atoms with Gasteiger partial charge in [-0.05, 0) is 6.92 Å². The monoisotopic (exact) mass is 266 g/mol. The number of nitrogen functional groups attached to an aromatic ring is 2. The molecule has 1 aliphatic heterocycles. The van der Waals surface area contributed by atoms with Gasteiger partial charge < -0.3 is 21.1 Å². The van der Waals surface area contributed by atoms with Gasteiger partial charge in [0.15, 0.2) is 11.6 Å². The summed E-state index contributed by atoms with van der Waals surface area (Å²) in [6, 6.07) is 0. The smallest absolute Gasteiger partial charge is 0.153 e. The van der Waals surface area contributed by atoms with Gasteiger partial charge in [0, 0.05) is 39.8 Å². The molecule has 2 heterocycles. The van der Waals surface area contributed by atoms with Crippen molar-refractivity contribution in [2.75, 3.05) is 62.8 Å². The zero-order chi connectivity index (χ0) is 13.8. The van der Waals surface area contributed by atoms with Gasteiger partial charge in [0.1, 0.15) is 11.5 Å². The lowest BCUT2D eigenvalue weighted by Crippen LogP contribution is -2.47. The van der Waals surface area contributed by atoms with Crippen molar-refractivity contribution >= 4 is 17.3 Å². The van der Waals surface area contributed by atoms with Crippen LogP contribution in [0.4, 0.5) is 17.3 Å². The van der Waals surface area contributed by atoms with E-state index in [-0.39, 0.29) is 0 Å². The Hall–Kier alpha value is -1.60. The molecule has 0 bridgehead atoms. The first-order valence-corrected chi connectivity index (χ1v) is 6.47. The van der Waals surface area contributed by atoms with E-state index in [1.165, 1.54) is 0 Å². The van der Waals surface area contributed by atoms with Gasteiger partial charge in [-0.3, -0.25) is 4.90 Å². The molecule has 0 amide bonds. The summed E-state index contributed by atoms with van der Waals surface area (Å²) in [6.07, 6.45) is 0. The molecule has 0 saturated carbocycles. The van der Waals surface area contributed by atoms with Crippen molar-refractivity contribution in [1.29, 1.82) is 0 Å². The number of nitrogens with two attached hydrogens (primary N) is 2. The molecular weight excluding hydrogens is 244 g/mol. The molecular formula is C12H22N6O. The number of methoxy groups -OCH3 is 1. The van der Waals surface area contributed by atoms with Crippen molar-refractivity contribution in [1.82, 2.24) is 14.9 Å². The van der Waals surface area contributed by atoms with E-state index in [1.54, 1.807) is 14.0 Å². The quantitative estimate of drug-likeness (QED) is 0.774. The number of ether oxygens (including phenoxy) is 1. The number of aromatic nitrogens is 2. The molecule has 4 N–H and O–H groups in total. The Morgan fingerprint density at radius 3 is 2.21 bits per heavy atom. The Kier molecular flexibility index (Phi) is 4.39. The summed E-state index contributed by atoms with van der Waals surface area (Å²) >= 11 is 0. The van der Waals surface area contributed by atoms with Crippen molar-refractivity contribution < 1.29 is 4.74 Å². The Morgan fingerprint density at radius 2 is 1.68 bits per heavy atom. The average molecular weight is 266 g/mol. The molecule has 106 valence electrons. The lowest BCUT2D eigenvalue weighted by atomic mass is 10.2. The molecule has 1 aliphatic rings. The molecule has 7 nitrogen and oxygen atoms in total. The largest absolute Gasteiger partial charge is 0.383 e. The van der Waals surface area contributed by atoms with Gasteiger partial charge in [-0.25, -0.2) is 9.97 Å². The number of piperazine rings is 1. The highest BCUT2D eigenvalue weighted by Gasteiger charge is 2.21. The average Bonchev–Trinajstić information content (AvgIpc) is 2.36. The highest BCUT2D eigenvalue weighted by molar-refractivity contribution is 5.75. The number of rotatable bonds is 4. The molecule has 0 atom stereocenters. The normalized spacial score (nSPS) is 16.8. The molecule has 1 aromatic heterocycles. The van der Waals surface area contributed by atoms with Gasteiger partial charge in [0.2, 0.25) is 0 Å². The van der Waals surface area contributed by atoms with E-state index in [0.717, 1.165) is 45.0 Å². The first-order valence-electron chi connectivity index (χ1n) is 6.47. The fraction of sp³-hybridized carbons (Fsp3) is 0.667. The van der Waals surface area contributed by atoms with Crippen molar-refractivity contribution in [3.8, 4) is 0 Å². The number of hydrogen-bond acceptors (Lipinski definition) is 7. The van der Waals surface area contributed by atoms with E-state index >= 15 is 0 Å². The van der Waals surface area contributed by atoms with Gasteiger partial charge in [0.05, 0.1) is 6.61 Å². The summed E-state index contributed by atoms with van der Waals surface area (Å²) < 4.78 is 5.09. The van der Waals surface area contributed by atoms with E-state index < -0.39 is 0 Å². The van der Waals surface area contributed by atoms with Crippen LogP contribution in [0.15, 0.2) is 0 Å². The third-order valence-electron chi connectivity index (χ3n) is 3.35. The lowest BCUT2D eigenvalue weighted by molar-refractivity contribution is 0.144. The minimum atomic E-state index is 0.468. The topological polar surface area (TPSA) is 93.5 Å². The van der Waals surface area contributed by atoms with E-state index in [4.69, 9.17) is 16.2 Å². The van der Waals surface area contributed by atoms with Crippen molar-refractivity contribution in [3.05, 3.63) is 5.82 Å². The number of aryl methyl sites for hydroxylation is 1. The molecule has 2 rings (SSSR count). The van der Waals surface area contributed by atoms with Crippen LogP contribution in [-0.2, 0) is 4.74 Å². The van der Waals surface area contributed by atoms with Crippen LogP contribution >= 0.6 is 0 Å².